The summed E-state index contributed by atoms with van der Waals surface area (Å²) in [5, 5.41) is 8.13. The molecular weight excluding hydrogens is 406 g/mol. The Balaban J connectivity index is 1.42. The van der Waals surface area contributed by atoms with Gasteiger partial charge in [-0.1, -0.05) is 23.7 Å². The molecule has 0 fully saturated rings. The molecule has 1 aromatic carbocycles. The smallest absolute Gasteiger partial charge is 0.256 e. The summed E-state index contributed by atoms with van der Waals surface area (Å²) >= 11 is 7.79. The number of fused-ring (bicyclic) bond motifs is 3. The van der Waals surface area contributed by atoms with Gasteiger partial charge >= 0.3 is 0 Å². The molecule has 5 rings (SSSR count). The Morgan fingerprint density at radius 2 is 2.10 bits per heavy atom. The maximum atomic E-state index is 12.9. The molecule has 0 saturated heterocycles. The molecule has 0 spiro atoms. The quantitative estimate of drug-likeness (QED) is 0.596. The number of anilines is 1. The van der Waals surface area contributed by atoms with Crippen molar-refractivity contribution in [3.8, 4) is 11.3 Å². The normalized spacial score (nSPS) is 18.9. The molecule has 4 heterocycles. The Morgan fingerprint density at radius 3 is 2.90 bits per heavy atom. The Kier molecular flexibility index (Phi) is 4.65. The summed E-state index contributed by atoms with van der Waals surface area (Å²) in [6.45, 7) is 6.33. The first kappa shape index (κ1) is 18.7. The molecule has 1 amide bonds. The lowest BCUT2D eigenvalue weighted by atomic mass is 10.0. The fourth-order valence-corrected chi connectivity index (χ4v) is 5.51. The number of furan rings is 1. The van der Waals surface area contributed by atoms with E-state index >= 15 is 0 Å². The summed E-state index contributed by atoms with van der Waals surface area (Å²) in [7, 11) is 0. The van der Waals surface area contributed by atoms with Crippen molar-refractivity contribution in [3.63, 3.8) is 0 Å². The second-order valence-corrected chi connectivity index (χ2v) is 9.33. The second kappa shape index (κ2) is 7.20. The van der Waals surface area contributed by atoms with Crippen LogP contribution in [0, 0.1) is 0 Å². The van der Waals surface area contributed by atoms with Gasteiger partial charge in [0, 0.05) is 34.6 Å². The van der Waals surface area contributed by atoms with Gasteiger partial charge in [-0.2, -0.15) is 0 Å². The minimum atomic E-state index is -0.385. The third kappa shape index (κ3) is 3.35. The Labute approximate surface area is 178 Å². The lowest BCUT2D eigenvalue weighted by molar-refractivity contribution is 0.0930. The minimum absolute atomic E-state index is 0.0278. The van der Waals surface area contributed by atoms with Gasteiger partial charge in [-0.3, -0.25) is 9.69 Å². The minimum Gasteiger partial charge on any atom is -0.457 e. The van der Waals surface area contributed by atoms with Crippen LogP contribution in [0.5, 0.6) is 0 Å². The van der Waals surface area contributed by atoms with E-state index in [1.807, 2.05) is 36.4 Å². The van der Waals surface area contributed by atoms with Gasteiger partial charge < -0.3 is 15.1 Å². The fourth-order valence-electron chi connectivity index (χ4n) is 4.02. The number of nitrogens with one attached hydrogen (secondary N) is 2. The molecule has 0 aliphatic carbocycles. The summed E-state index contributed by atoms with van der Waals surface area (Å²) < 4.78 is 6.04. The molecule has 5 nitrogen and oxygen atoms in total. The van der Waals surface area contributed by atoms with Crippen LogP contribution in [-0.2, 0) is 13.0 Å². The molecule has 0 unspecified atom stereocenters. The number of thiophene rings is 1. The van der Waals surface area contributed by atoms with Crippen LogP contribution in [0.1, 0.15) is 46.6 Å². The van der Waals surface area contributed by atoms with E-state index in [2.05, 4.69) is 29.4 Å². The molecule has 0 saturated carbocycles. The summed E-state index contributed by atoms with van der Waals surface area (Å²) in [5.41, 5.74) is 2.92. The van der Waals surface area contributed by atoms with E-state index in [-0.39, 0.29) is 12.1 Å². The average molecular weight is 428 g/mol. The Hall–Kier alpha value is -2.28. The molecule has 2 aliphatic rings. The number of carbonyl (C=O) groups excluding carboxylic acids is 1. The molecule has 3 aromatic rings. The highest BCUT2D eigenvalue weighted by Crippen LogP contribution is 2.41. The van der Waals surface area contributed by atoms with Crippen LogP contribution in [0.15, 0.2) is 40.8 Å². The van der Waals surface area contributed by atoms with Crippen LogP contribution in [-0.4, -0.2) is 23.4 Å². The molecule has 2 N–H and O–H groups in total. The van der Waals surface area contributed by atoms with E-state index in [1.54, 1.807) is 11.3 Å². The zero-order valence-corrected chi connectivity index (χ0v) is 17.9. The number of nitrogens with zero attached hydrogens (tertiary/aromatic N) is 1. The van der Waals surface area contributed by atoms with Crippen LogP contribution in [0.4, 0.5) is 5.00 Å². The van der Waals surface area contributed by atoms with Crippen LogP contribution in [0.25, 0.3) is 11.3 Å². The zero-order chi connectivity index (χ0) is 20.1. The van der Waals surface area contributed by atoms with Gasteiger partial charge in [0.05, 0.1) is 5.56 Å². The molecule has 7 heteroatoms. The first-order valence-corrected chi connectivity index (χ1v) is 11.0. The van der Waals surface area contributed by atoms with Gasteiger partial charge in [-0.05, 0) is 50.1 Å². The van der Waals surface area contributed by atoms with E-state index in [4.69, 9.17) is 16.0 Å². The van der Waals surface area contributed by atoms with Crippen LogP contribution in [0.2, 0.25) is 5.02 Å². The van der Waals surface area contributed by atoms with Crippen molar-refractivity contribution in [2.75, 3.05) is 11.9 Å². The lowest BCUT2D eigenvalue weighted by Gasteiger charge is -2.30. The lowest BCUT2D eigenvalue weighted by Crippen LogP contribution is -2.39. The standard InChI is InChI=1S/C22H22ClN3O2S/c1-12(2)26-9-8-15-18(11-26)29-22-19(15)21(27)24-20(25-22)17-7-6-16(28-17)13-4-3-5-14(23)10-13/h3-7,10,12,20,25H,8-9,11H2,1-2H3,(H,24,27)/t20-/m1/s1. The third-order valence-electron chi connectivity index (χ3n) is 5.62. The van der Waals surface area contributed by atoms with Crippen molar-refractivity contribution >= 4 is 33.8 Å². The summed E-state index contributed by atoms with van der Waals surface area (Å²) in [4.78, 5) is 16.7. The maximum absolute atomic E-state index is 12.9. The number of hydrogen-bond acceptors (Lipinski definition) is 5. The molecule has 0 bridgehead atoms. The Bertz CT molecular complexity index is 1090. The summed E-state index contributed by atoms with van der Waals surface area (Å²) in [6, 6.07) is 11.8. The largest absolute Gasteiger partial charge is 0.457 e. The topological polar surface area (TPSA) is 57.5 Å². The highest BCUT2D eigenvalue weighted by atomic mass is 35.5. The van der Waals surface area contributed by atoms with Gasteiger partial charge in [0.15, 0.2) is 6.17 Å². The molecule has 150 valence electrons. The molecule has 2 aliphatic heterocycles. The van der Waals surface area contributed by atoms with Gasteiger partial charge in [0.25, 0.3) is 5.91 Å². The van der Waals surface area contributed by atoms with E-state index < -0.39 is 0 Å². The summed E-state index contributed by atoms with van der Waals surface area (Å²) in [5.74, 6) is 1.37. The monoisotopic (exact) mass is 427 g/mol. The van der Waals surface area contributed by atoms with Crippen molar-refractivity contribution in [1.29, 1.82) is 0 Å². The number of amides is 1. The van der Waals surface area contributed by atoms with Crippen LogP contribution >= 0.6 is 22.9 Å². The van der Waals surface area contributed by atoms with Gasteiger partial charge in [0.1, 0.15) is 16.5 Å². The predicted molar refractivity (Wildman–Crippen MR) is 117 cm³/mol. The van der Waals surface area contributed by atoms with Gasteiger partial charge in [-0.25, -0.2) is 0 Å². The van der Waals surface area contributed by atoms with Crippen LogP contribution in [0.3, 0.4) is 0 Å². The molecule has 29 heavy (non-hydrogen) atoms. The average Bonchev–Trinajstić information content (AvgIpc) is 3.32. The van der Waals surface area contributed by atoms with Crippen molar-refractivity contribution in [1.82, 2.24) is 10.2 Å². The number of halogens is 1. The van der Waals surface area contributed by atoms with Crippen molar-refractivity contribution in [2.24, 2.45) is 0 Å². The van der Waals surface area contributed by atoms with Crippen molar-refractivity contribution in [3.05, 3.63) is 63.2 Å². The van der Waals surface area contributed by atoms with Crippen molar-refractivity contribution in [2.45, 2.75) is 39.0 Å². The first-order chi connectivity index (χ1) is 14.0. The Morgan fingerprint density at radius 1 is 1.24 bits per heavy atom. The van der Waals surface area contributed by atoms with Gasteiger partial charge in [0.2, 0.25) is 0 Å². The number of rotatable bonds is 3. The number of carbonyl (C=O) groups is 1. The summed E-state index contributed by atoms with van der Waals surface area (Å²) in [6.07, 6.45) is 0.530. The van der Waals surface area contributed by atoms with E-state index in [1.165, 1.54) is 10.4 Å². The number of hydrogen-bond donors (Lipinski definition) is 2. The highest BCUT2D eigenvalue weighted by Gasteiger charge is 2.34. The SMILES string of the molecule is CC(C)N1CCc2c(sc3c2C(=O)N[C@@H](c2ccc(-c4cccc(Cl)c4)o2)N3)C1. The molecule has 2 aromatic heterocycles. The van der Waals surface area contributed by atoms with E-state index in [0.29, 0.717) is 16.8 Å². The second-order valence-electron chi connectivity index (χ2n) is 7.79. The molecule has 0 radical (unpaired) electrons. The van der Waals surface area contributed by atoms with Crippen LogP contribution < -0.4 is 10.6 Å². The van der Waals surface area contributed by atoms with Gasteiger partial charge in [-0.15, -0.1) is 11.3 Å². The predicted octanol–water partition coefficient (Wildman–Crippen LogP) is 5.28. The van der Waals surface area contributed by atoms with E-state index in [9.17, 15) is 4.79 Å². The molecular formula is C22H22ClN3O2S. The van der Waals surface area contributed by atoms with E-state index in [0.717, 1.165) is 41.4 Å². The highest BCUT2D eigenvalue weighted by molar-refractivity contribution is 7.16. The van der Waals surface area contributed by atoms with Crippen molar-refractivity contribution < 1.29 is 9.21 Å². The first-order valence-electron chi connectivity index (χ1n) is 9.81. The third-order valence-corrected chi connectivity index (χ3v) is 7.00. The number of benzene rings is 1. The fraction of sp³-hybridized carbons (Fsp3) is 0.318. The zero-order valence-electron chi connectivity index (χ0n) is 16.3. The maximum Gasteiger partial charge on any atom is 0.256 e. The molecule has 1 atom stereocenters.